The topological polar surface area (TPSA) is 61.2 Å². The summed E-state index contributed by atoms with van der Waals surface area (Å²) >= 11 is 0. The van der Waals surface area contributed by atoms with Crippen LogP contribution in [0, 0.1) is 5.41 Å². The second-order valence-corrected chi connectivity index (χ2v) is 6.39. The quantitative estimate of drug-likeness (QED) is 0.693. The monoisotopic (exact) mass is 270 g/mol. The fourth-order valence-corrected chi connectivity index (χ4v) is 3.58. The van der Waals surface area contributed by atoms with Crippen LogP contribution in [-0.4, -0.2) is 38.6 Å². The minimum absolute atomic E-state index is 0.0535. The zero-order valence-corrected chi connectivity index (χ0v) is 11.3. The smallest absolute Gasteiger partial charge is 0.306 e. The number of hydrogen-bond acceptors (Lipinski definition) is 4. The maximum Gasteiger partial charge on any atom is 0.306 e. The Labute approximate surface area is 109 Å². The van der Waals surface area contributed by atoms with Gasteiger partial charge in [-0.3, -0.25) is 13.7 Å². The summed E-state index contributed by atoms with van der Waals surface area (Å²) in [7, 11) is 0.497. The average Bonchev–Trinajstić information content (AvgIpc) is 2.91. The fraction of sp³-hybridized carbons (Fsp3) is 0.667. The summed E-state index contributed by atoms with van der Waals surface area (Å²) in [6.45, 7) is 0.661. The number of hydrogen-bond donors (Lipinski definition) is 0. The van der Waals surface area contributed by atoms with Crippen molar-refractivity contribution in [1.29, 1.82) is 0 Å². The normalized spacial score (nSPS) is 18.3. The molecule has 6 heteroatoms. The average molecular weight is 270 g/mol. The molecular weight excluding hydrogens is 252 g/mol. The standard InChI is InChI=1S/C12H18N2O3S/c1-17-11(15)9-12(3-4-12)10-18(16)8-7-14-6-2-5-13-14/h2,5-6H,3-4,7-10H2,1H3. The van der Waals surface area contributed by atoms with Crippen molar-refractivity contribution >= 4 is 16.8 Å². The molecule has 1 aromatic rings. The third-order valence-corrected chi connectivity index (χ3v) is 4.85. The van der Waals surface area contributed by atoms with E-state index in [-0.39, 0.29) is 11.4 Å². The molecule has 1 heterocycles. The van der Waals surface area contributed by atoms with Crippen molar-refractivity contribution in [2.75, 3.05) is 18.6 Å². The molecule has 0 amide bonds. The Balaban J connectivity index is 1.75. The SMILES string of the molecule is COC(=O)CC1(CS(=O)CCn2cccn2)CC1. The first kappa shape index (κ1) is 13.3. The van der Waals surface area contributed by atoms with Gasteiger partial charge in [-0.2, -0.15) is 5.10 Å². The van der Waals surface area contributed by atoms with Gasteiger partial charge in [-0.05, 0) is 24.3 Å². The lowest BCUT2D eigenvalue weighted by Gasteiger charge is -2.13. The lowest BCUT2D eigenvalue weighted by atomic mass is 10.1. The van der Waals surface area contributed by atoms with E-state index in [0.717, 1.165) is 12.8 Å². The molecule has 1 unspecified atom stereocenters. The Morgan fingerprint density at radius 1 is 1.56 bits per heavy atom. The van der Waals surface area contributed by atoms with Crippen LogP contribution >= 0.6 is 0 Å². The highest BCUT2D eigenvalue weighted by atomic mass is 32.2. The molecule has 1 aromatic heterocycles. The van der Waals surface area contributed by atoms with Crippen LogP contribution in [-0.2, 0) is 26.9 Å². The molecule has 1 atom stereocenters. The van der Waals surface area contributed by atoms with E-state index >= 15 is 0 Å². The van der Waals surface area contributed by atoms with Gasteiger partial charge in [0.05, 0.1) is 20.1 Å². The molecule has 1 fully saturated rings. The van der Waals surface area contributed by atoms with Crippen molar-refractivity contribution in [3.8, 4) is 0 Å². The van der Waals surface area contributed by atoms with Gasteiger partial charge >= 0.3 is 5.97 Å². The van der Waals surface area contributed by atoms with E-state index in [4.69, 9.17) is 0 Å². The first-order valence-corrected chi connectivity index (χ1v) is 7.52. The van der Waals surface area contributed by atoms with Crippen molar-refractivity contribution in [2.45, 2.75) is 25.8 Å². The second-order valence-electron chi connectivity index (χ2n) is 4.81. The highest BCUT2D eigenvalue weighted by Gasteiger charge is 2.45. The van der Waals surface area contributed by atoms with Crippen LogP contribution in [0.1, 0.15) is 19.3 Å². The van der Waals surface area contributed by atoms with Crippen molar-refractivity contribution in [1.82, 2.24) is 9.78 Å². The first-order valence-electron chi connectivity index (χ1n) is 6.03. The molecule has 0 aromatic carbocycles. The highest BCUT2D eigenvalue weighted by Crippen LogP contribution is 2.49. The molecule has 0 spiro atoms. The van der Waals surface area contributed by atoms with Gasteiger partial charge in [0, 0.05) is 34.7 Å². The first-order chi connectivity index (χ1) is 8.63. The molecule has 18 heavy (non-hydrogen) atoms. The molecule has 0 N–H and O–H groups in total. The number of rotatable bonds is 7. The molecule has 0 radical (unpaired) electrons. The number of esters is 1. The minimum atomic E-state index is -0.899. The summed E-state index contributed by atoms with van der Waals surface area (Å²) in [5.74, 6) is 0.991. The zero-order valence-electron chi connectivity index (χ0n) is 10.5. The number of aromatic nitrogens is 2. The van der Waals surface area contributed by atoms with Crippen LogP contribution in [0.3, 0.4) is 0 Å². The van der Waals surface area contributed by atoms with Gasteiger partial charge in [0.1, 0.15) is 0 Å². The molecular formula is C12H18N2O3S. The molecule has 1 aliphatic rings. The van der Waals surface area contributed by atoms with Crippen LogP contribution in [0.4, 0.5) is 0 Å². The van der Waals surface area contributed by atoms with Crippen LogP contribution < -0.4 is 0 Å². The number of ether oxygens (including phenoxy) is 1. The van der Waals surface area contributed by atoms with Gasteiger partial charge in [-0.25, -0.2) is 0 Å². The Kier molecular flexibility index (Phi) is 4.16. The molecule has 5 nitrogen and oxygen atoms in total. The van der Waals surface area contributed by atoms with E-state index in [1.807, 2.05) is 12.3 Å². The number of methoxy groups -OCH3 is 1. The van der Waals surface area contributed by atoms with Crippen LogP contribution in [0.25, 0.3) is 0 Å². The second kappa shape index (κ2) is 5.65. The van der Waals surface area contributed by atoms with Crippen LogP contribution in [0.15, 0.2) is 18.5 Å². The Bertz CT molecular complexity index is 427. The third-order valence-electron chi connectivity index (χ3n) is 3.28. The minimum Gasteiger partial charge on any atom is -0.469 e. The van der Waals surface area contributed by atoms with Crippen molar-refractivity contribution < 1.29 is 13.7 Å². The highest BCUT2D eigenvalue weighted by molar-refractivity contribution is 7.85. The summed E-state index contributed by atoms with van der Waals surface area (Å²) in [6, 6.07) is 1.85. The Hall–Kier alpha value is -1.17. The summed E-state index contributed by atoms with van der Waals surface area (Å²) in [5, 5.41) is 4.07. The molecule has 2 rings (SSSR count). The number of aryl methyl sites for hydroxylation is 1. The van der Waals surface area contributed by atoms with E-state index in [1.165, 1.54) is 7.11 Å². The van der Waals surface area contributed by atoms with Gasteiger partial charge < -0.3 is 4.74 Å². The molecule has 1 saturated carbocycles. The maximum atomic E-state index is 12.0. The van der Waals surface area contributed by atoms with Gasteiger partial charge in [-0.1, -0.05) is 0 Å². The largest absolute Gasteiger partial charge is 0.469 e. The van der Waals surface area contributed by atoms with Gasteiger partial charge in [0.2, 0.25) is 0 Å². The molecule has 0 saturated heterocycles. The summed E-state index contributed by atoms with van der Waals surface area (Å²) in [4.78, 5) is 11.3. The van der Waals surface area contributed by atoms with E-state index in [0.29, 0.717) is 24.5 Å². The molecule has 100 valence electrons. The van der Waals surface area contributed by atoms with E-state index < -0.39 is 10.8 Å². The van der Waals surface area contributed by atoms with E-state index in [1.54, 1.807) is 10.9 Å². The van der Waals surface area contributed by atoms with Crippen LogP contribution in [0.2, 0.25) is 0 Å². The molecule has 0 bridgehead atoms. The lowest BCUT2D eigenvalue weighted by molar-refractivity contribution is -0.141. The molecule has 0 aliphatic heterocycles. The zero-order chi connectivity index (χ0) is 13.0. The summed E-state index contributed by atoms with van der Waals surface area (Å²) < 4.78 is 18.4. The predicted molar refractivity (Wildman–Crippen MR) is 68.4 cm³/mol. The summed E-state index contributed by atoms with van der Waals surface area (Å²) in [5.41, 5.74) is -0.0535. The van der Waals surface area contributed by atoms with Crippen molar-refractivity contribution in [3.63, 3.8) is 0 Å². The molecule has 1 aliphatic carbocycles. The van der Waals surface area contributed by atoms with Crippen molar-refractivity contribution in [2.24, 2.45) is 5.41 Å². The number of carbonyl (C=O) groups excluding carboxylic acids is 1. The van der Waals surface area contributed by atoms with E-state index in [9.17, 15) is 9.00 Å². The predicted octanol–water partition coefficient (Wildman–Crippen LogP) is 0.975. The Morgan fingerprint density at radius 2 is 2.33 bits per heavy atom. The maximum absolute atomic E-state index is 12.0. The number of nitrogens with zero attached hydrogens (tertiary/aromatic N) is 2. The number of carbonyl (C=O) groups is 1. The van der Waals surface area contributed by atoms with Crippen LogP contribution in [0.5, 0.6) is 0 Å². The summed E-state index contributed by atoms with van der Waals surface area (Å²) in [6.07, 6.45) is 5.93. The third kappa shape index (κ3) is 3.66. The van der Waals surface area contributed by atoms with E-state index in [2.05, 4.69) is 9.84 Å². The van der Waals surface area contributed by atoms with Gasteiger partial charge in [-0.15, -0.1) is 0 Å². The fourth-order valence-electron chi connectivity index (χ4n) is 1.97. The Morgan fingerprint density at radius 3 is 2.89 bits per heavy atom. The van der Waals surface area contributed by atoms with Crippen molar-refractivity contribution in [3.05, 3.63) is 18.5 Å². The van der Waals surface area contributed by atoms with Gasteiger partial charge in [0.25, 0.3) is 0 Å². The van der Waals surface area contributed by atoms with Gasteiger partial charge in [0.15, 0.2) is 0 Å². The lowest BCUT2D eigenvalue weighted by Crippen LogP contribution is -2.20.